The van der Waals surface area contributed by atoms with Gasteiger partial charge in [0.2, 0.25) is 11.8 Å². The van der Waals surface area contributed by atoms with Gasteiger partial charge in [-0.2, -0.15) is 4.98 Å². The van der Waals surface area contributed by atoms with Gasteiger partial charge in [0, 0.05) is 25.4 Å². The van der Waals surface area contributed by atoms with Crippen molar-refractivity contribution in [2.75, 3.05) is 25.1 Å². The van der Waals surface area contributed by atoms with Crippen LogP contribution in [0.4, 0.5) is 5.95 Å². The van der Waals surface area contributed by atoms with Crippen molar-refractivity contribution in [3.8, 4) is 17.3 Å². The molecule has 0 unspecified atom stereocenters. The number of imidazole rings is 1. The first-order chi connectivity index (χ1) is 11.7. The lowest BCUT2D eigenvalue weighted by molar-refractivity contribution is 0.396. The normalized spacial score (nSPS) is 15.0. The van der Waals surface area contributed by atoms with Crippen LogP contribution in [0.3, 0.4) is 0 Å². The molecule has 0 amide bonds. The minimum absolute atomic E-state index is 0.553. The molecule has 4 rings (SSSR count). The highest BCUT2D eigenvalue weighted by molar-refractivity contribution is 6.30. The summed E-state index contributed by atoms with van der Waals surface area (Å²) in [7, 11) is 1.62. The van der Waals surface area contributed by atoms with Gasteiger partial charge in [0.1, 0.15) is 5.65 Å². The summed E-state index contributed by atoms with van der Waals surface area (Å²) < 4.78 is 7.32. The minimum atomic E-state index is 0.553. The zero-order chi connectivity index (χ0) is 16.5. The number of nitrogens with zero attached hydrogens (tertiary/aromatic N) is 5. The Morgan fingerprint density at radius 1 is 1.12 bits per heavy atom. The second-order valence-electron chi connectivity index (χ2n) is 5.86. The zero-order valence-electron chi connectivity index (χ0n) is 13.4. The summed E-state index contributed by atoms with van der Waals surface area (Å²) in [5, 5.41) is 0.652. The number of fused-ring (bicyclic) bond motifs is 1. The van der Waals surface area contributed by atoms with E-state index in [2.05, 4.69) is 14.9 Å². The molecule has 24 heavy (non-hydrogen) atoms. The Morgan fingerprint density at radius 3 is 2.75 bits per heavy atom. The van der Waals surface area contributed by atoms with E-state index in [1.165, 1.54) is 19.3 Å². The number of pyridine rings is 1. The van der Waals surface area contributed by atoms with E-state index in [-0.39, 0.29) is 0 Å². The van der Waals surface area contributed by atoms with Crippen LogP contribution in [0, 0.1) is 0 Å². The van der Waals surface area contributed by atoms with Crippen molar-refractivity contribution < 1.29 is 4.74 Å². The highest BCUT2D eigenvalue weighted by atomic mass is 35.5. The van der Waals surface area contributed by atoms with Crippen LogP contribution in [0.25, 0.3) is 17.0 Å². The molecule has 0 radical (unpaired) electrons. The van der Waals surface area contributed by atoms with Gasteiger partial charge in [0.05, 0.1) is 29.7 Å². The lowest BCUT2D eigenvalue weighted by Crippen LogP contribution is -2.31. The topological polar surface area (TPSA) is 55.6 Å². The van der Waals surface area contributed by atoms with Crippen LogP contribution in [-0.2, 0) is 0 Å². The Kier molecular flexibility index (Phi) is 3.98. The van der Waals surface area contributed by atoms with Gasteiger partial charge in [-0.1, -0.05) is 11.6 Å². The monoisotopic (exact) mass is 343 g/mol. The fourth-order valence-corrected chi connectivity index (χ4v) is 3.19. The molecule has 0 atom stereocenters. The molecule has 1 fully saturated rings. The average molecular weight is 344 g/mol. The van der Waals surface area contributed by atoms with E-state index in [0.29, 0.717) is 16.9 Å². The molecule has 4 heterocycles. The molecule has 0 aromatic carbocycles. The molecule has 0 saturated carbocycles. The SMILES string of the molecule is COc1cc(-c2cnc3ccc(Cl)cn23)nc(N2CCCCC2)n1. The summed E-state index contributed by atoms with van der Waals surface area (Å²) >= 11 is 6.13. The van der Waals surface area contributed by atoms with Gasteiger partial charge in [-0.25, -0.2) is 9.97 Å². The van der Waals surface area contributed by atoms with Crippen molar-refractivity contribution >= 4 is 23.2 Å². The molecule has 0 spiro atoms. The number of halogens is 1. The molecule has 1 aliphatic heterocycles. The van der Waals surface area contributed by atoms with Gasteiger partial charge in [-0.15, -0.1) is 0 Å². The lowest BCUT2D eigenvalue weighted by Gasteiger charge is -2.27. The maximum atomic E-state index is 6.13. The van der Waals surface area contributed by atoms with Gasteiger partial charge in [0.25, 0.3) is 0 Å². The Morgan fingerprint density at radius 2 is 1.96 bits per heavy atom. The van der Waals surface area contributed by atoms with E-state index in [0.717, 1.165) is 30.1 Å². The fourth-order valence-electron chi connectivity index (χ4n) is 3.03. The number of aromatic nitrogens is 4. The zero-order valence-corrected chi connectivity index (χ0v) is 14.2. The van der Waals surface area contributed by atoms with Crippen LogP contribution in [0.15, 0.2) is 30.6 Å². The predicted octanol–water partition coefficient (Wildman–Crippen LogP) is 3.44. The first-order valence-electron chi connectivity index (χ1n) is 8.05. The van der Waals surface area contributed by atoms with Gasteiger partial charge in [-0.05, 0) is 31.4 Å². The summed E-state index contributed by atoms with van der Waals surface area (Å²) in [4.78, 5) is 15.9. The lowest BCUT2D eigenvalue weighted by atomic mass is 10.1. The summed E-state index contributed by atoms with van der Waals surface area (Å²) in [5.74, 6) is 1.26. The molecular formula is C17H18ClN5O. The Labute approximate surface area is 145 Å². The molecule has 124 valence electrons. The number of methoxy groups -OCH3 is 1. The van der Waals surface area contributed by atoms with E-state index >= 15 is 0 Å². The third-order valence-corrected chi connectivity index (χ3v) is 4.49. The Bertz CT molecular complexity index is 873. The van der Waals surface area contributed by atoms with Gasteiger partial charge >= 0.3 is 0 Å². The van der Waals surface area contributed by atoms with Crippen LogP contribution in [-0.4, -0.2) is 39.6 Å². The fraction of sp³-hybridized carbons (Fsp3) is 0.353. The van der Waals surface area contributed by atoms with Crippen LogP contribution < -0.4 is 9.64 Å². The molecule has 3 aromatic rings. The molecular weight excluding hydrogens is 326 g/mol. The van der Waals surface area contributed by atoms with E-state index in [4.69, 9.17) is 21.3 Å². The molecule has 6 nitrogen and oxygen atoms in total. The number of hydrogen-bond donors (Lipinski definition) is 0. The van der Waals surface area contributed by atoms with Crippen molar-refractivity contribution in [3.05, 3.63) is 35.6 Å². The first kappa shape index (κ1) is 15.2. The predicted molar refractivity (Wildman–Crippen MR) is 93.8 cm³/mol. The van der Waals surface area contributed by atoms with Crippen molar-refractivity contribution in [2.45, 2.75) is 19.3 Å². The van der Waals surface area contributed by atoms with Gasteiger partial charge in [-0.3, -0.25) is 4.40 Å². The second kappa shape index (κ2) is 6.28. The maximum absolute atomic E-state index is 6.13. The third kappa shape index (κ3) is 2.78. The van der Waals surface area contributed by atoms with E-state index in [1.54, 1.807) is 13.3 Å². The smallest absolute Gasteiger partial charge is 0.229 e. The summed E-state index contributed by atoms with van der Waals surface area (Å²) in [6.45, 7) is 1.96. The number of piperidine rings is 1. The average Bonchev–Trinajstić information content (AvgIpc) is 3.05. The highest BCUT2D eigenvalue weighted by Gasteiger charge is 2.17. The molecule has 0 N–H and O–H groups in total. The van der Waals surface area contributed by atoms with Gasteiger partial charge in [0.15, 0.2) is 0 Å². The number of hydrogen-bond acceptors (Lipinski definition) is 5. The van der Waals surface area contributed by atoms with Crippen molar-refractivity contribution in [2.24, 2.45) is 0 Å². The Hall–Kier alpha value is -2.34. The van der Waals surface area contributed by atoms with Crippen molar-refractivity contribution in [1.29, 1.82) is 0 Å². The van der Waals surface area contributed by atoms with Crippen LogP contribution in [0.5, 0.6) is 5.88 Å². The van der Waals surface area contributed by atoms with E-state index in [9.17, 15) is 0 Å². The summed E-state index contributed by atoms with van der Waals surface area (Å²) in [6.07, 6.45) is 7.24. The maximum Gasteiger partial charge on any atom is 0.229 e. The standard InChI is InChI=1S/C17H18ClN5O/c1-24-16-9-13(20-17(21-16)22-7-3-2-4-8-22)14-10-19-15-6-5-12(18)11-23(14)15/h5-6,9-11H,2-4,7-8H2,1H3. The molecule has 1 aliphatic rings. The third-order valence-electron chi connectivity index (χ3n) is 4.27. The number of rotatable bonds is 3. The summed E-state index contributed by atoms with van der Waals surface area (Å²) in [6, 6.07) is 5.54. The summed E-state index contributed by atoms with van der Waals surface area (Å²) in [5.41, 5.74) is 2.47. The Balaban J connectivity index is 1.82. The number of ether oxygens (including phenoxy) is 1. The van der Waals surface area contributed by atoms with E-state index in [1.807, 2.05) is 28.8 Å². The molecule has 1 saturated heterocycles. The van der Waals surface area contributed by atoms with Crippen LogP contribution >= 0.6 is 11.6 Å². The largest absolute Gasteiger partial charge is 0.481 e. The molecule has 3 aromatic heterocycles. The van der Waals surface area contributed by atoms with Crippen LogP contribution in [0.1, 0.15) is 19.3 Å². The van der Waals surface area contributed by atoms with Gasteiger partial charge < -0.3 is 9.64 Å². The van der Waals surface area contributed by atoms with Crippen molar-refractivity contribution in [1.82, 2.24) is 19.4 Å². The highest BCUT2D eigenvalue weighted by Crippen LogP contribution is 2.27. The molecule has 0 aliphatic carbocycles. The quantitative estimate of drug-likeness (QED) is 0.729. The van der Waals surface area contributed by atoms with Crippen LogP contribution in [0.2, 0.25) is 5.02 Å². The van der Waals surface area contributed by atoms with E-state index < -0.39 is 0 Å². The number of anilines is 1. The molecule has 0 bridgehead atoms. The second-order valence-corrected chi connectivity index (χ2v) is 6.30. The molecule has 7 heteroatoms. The minimum Gasteiger partial charge on any atom is -0.481 e. The first-order valence-corrected chi connectivity index (χ1v) is 8.43. The van der Waals surface area contributed by atoms with Crippen molar-refractivity contribution in [3.63, 3.8) is 0 Å².